The van der Waals surface area contributed by atoms with Crippen molar-refractivity contribution >= 4 is 6.29 Å². The molecule has 0 aliphatic rings. The van der Waals surface area contributed by atoms with Gasteiger partial charge in [-0.05, 0) is 31.0 Å². The quantitative estimate of drug-likeness (QED) is 0.752. The molecule has 1 aromatic carbocycles. The van der Waals surface area contributed by atoms with Gasteiger partial charge in [0.1, 0.15) is 6.29 Å². The Bertz CT molecular complexity index is 350. The average Bonchev–Trinajstić information content (AvgIpc) is 2.10. The monoisotopic (exact) mass is 199 g/mol. The molecule has 0 radical (unpaired) electrons. The number of benzene rings is 1. The van der Waals surface area contributed by atoms with Gasteiger partial charge in [0.05, 0.1) is 0 Å². The van der Waals surface area contributed by atoms with Crippen molar-refractivity contribution in [2.45, 2.75) is 19.4 Å². The largest absolute Gasteiger partial charge is 0.328 e. The van der Waals surface area contributed by atoms with Gasteiger partial charge in [0, 0.05) is 11.6 Å². The van der Waals surface area contributed by atoms with Crippen LogP contribution >= 0.6 is 0 Å². The van der Waals surface area contributed by atoms with Crippen molar-refractivity contribution in [3.63, 3.8) is 0 Å². The molecule has 0 aliphatic heterocycles. The Morgan fingerprint density at radius 3 is 2.50 bits per heavy atom. The lowest BCUT2D eigenvalue weighted by atomic mass is 10.0. The molecule has 1 rings (SSSR count). The van der Waals surface area contributed by atoms with Crippen molar-refractivity contribution < 1.29 is 13.6 Å². The van der Waals surface area contributed by atoms with Crippen LogP contribution in [0.25, 0.3) is 0 Å². The van der Waals surface area contributed by atoms with Crippen molar-refractivity contribution in [1.29, 1.82) is 0 Å². The lowest BCUT2D eigenvalue weighted by molar-refractivity contribution is 0.112. The van der Waals surface area contributed by atoms with E-state index in [0.717, 1.165) is 12.1 Å². The number of halogens is 2. The Hall–Kier alpha value is -1.29. The molecule has 76 valence electrons. The van der Waals surface area contributed by atoms with E-state index in [1.807, 2.05) is 0 Å². The van der Waals surface area contributed by atoms with Gasteiger partial charge in [-0.15, -0.1) is 0 Å². The summed E-state index contributed by atoms with van der Waals surface area (Å²) in [5, 5.41) is 0. The molecular formula is C10H11F2NO. The molecular weight excluding hydrogens is 188 g/mol. The smallest absolute Gasteiger partial charge is 0.159 e. The number of hydrogen-bond donors (Lipinski definition) is 1. The zero-order valence-corrected chi connectivity index (χ0v) is 7.76. The van der Waals surface area contributed by atoms with Crippen LogP contribution in [0.1, 0.15) is 22.8 Å². The summed E-state index contributed by atoms with van der Waals surface area (Å²) in [6.07, 6.45) is 0.853. The van der Waals surface area contributed by atoms with Crippen LogP contribution in [0.2, 0.25) is 0 Å². The normalized spacial score (nSPS) is 12.6. The molecule has 0 heterocycles. The fourth-order valence-electron chi connectivity index (χ4n) is 1.24. The van der Waals surface area contributed by atoms with Crippen LogP contribution in [0.15, 0.2) is 12.1 Å². The van der Waals surface area contributed by atoms with Crippen molar-refractivity contribution in [3.05, 3.63) is 34.9 Å². The van der Waals surface area contributed by atoms with Gasteiger partial charge < -0.3 is 5.73 Å². The highest BCUT2D eigenvalue weighted by atomic mass is 19.2. The minimum atomic E-state index is -1.01. The molecule has 0 aliphatic carbocycles. The first-order valence-electron chi connectivity index (χ1n) is 4.23. The molecule has 14 heavy (non-hydrogen) atoms. The zero-order chi connectivity index (χ0) is 10.7. The van der Waals surface area contributed by atoms with Crippen LogP contribution in [0.5, 0.6) is 0 Å². The van der Waals surface area contributed by atoms with E-state index in [9.17, 15) is 13.6 Å². The predicted molar refractivity (Wildman–Crippen MR) is 49.1 cm³/mol. The van der Waals surface area contributed by atoms with Gasteiger partial charge in [0.2, 0.25) is 0 Å². The van der Waals surface area contributed by atoms with E-state index in [1.54, 1.807) is 6.92 Å². The Morgan fingerprint density at radius 1 is 1.43 bits per heavy atom. The summed E-state index contributed by atoms with van der Waals surface area (Å²) in [4.78, 5) is 10.5. The van der Waals surface area contributed by atoms with Gasteiger partial charge in [0.15, 0.2) is 11.6 Å². The van der Waals surface area contributed by atoms with Crippen LogP contribution in [-0.2, 0) is 6.42 Å². The van der Waals surface area contributed by atoms with E-state index in [1.165, 1.54) is 0 Å². The van der Waals surface area contributed by atoms with E-state index >= 15 is 0 Å². The maximum atomic E-state index is 12.8. The topological polar surface area (TPSA) is 43.1 Å². The van der Waals surface area contributed by atoms with E-state index in [0.29, 0.717) is 18.3 Å². The van der Waals surface area contributed by atoms with Crippen molar-refractivity contribution in [2.75, 3.05) is 0 Å². The van der Waals surface area contributed by atoms with Crippen molar-refractivity contribution in [1.82, 2.24) is 0 Å². The van der Waals surface area contributed by atoms with Crippen molar-refractivity contribution in [3.8, 4) is 0 Å². The van der Waals surface area contributed by atoms with Gasteiger partial charge in [0.25, 0.3) is 0 Å². The fraction of sp³-hybridized carbons (Fsp3) is 0.300. The van der Waals surface area contributed by atoms with Crippen LogP contribution in [0.4, 0.5) is 8.78 Å². The molecule has 1 unspecified atom stereocenters. The number of rotatable bonds is 3. The second kappa shape index (κ2) is 4.28. The molecule has 1 aromatic rings. The molecule has 1 atom stereocenters. The zero-order valence-electron chi connectivity index (χ0n) is 7.76. The lowest BCUT2D eigenvalue weighted by Gasteiger charge is -2.08. The van der Waals surface area contributed by atoms with Crippen LogP contribution < -0.4 is 5.73 Å². The first kappa shape index (κ1) is 10.8. The van der Waals surface area contributed by atoms with E-state index < -0.39 is 11.6 Å². The summed E-state index contributed by atoms with van der Waals surface area (Å²) in [6.45, 7) is 1.73. The summed E-state index contributed by atoms with van der Waals surface area (Å²) >= 11 is 0. The molecule has 4 heteroatoms. The highest BCUT2D eigenvalue weighted by molar-refractivity contribution is 5.77. The summed E-state index contributed by atoms with van der Waals surface area (Å²) < 4.78 is 25.5. The molecule has 0 fully saturated rings. The third-order valence-corrected chi connectivity index (χ3v) is 1.85. The first-order chi connectivity index (χ1) is 6.54. The third-order valence-electron chi connectivity index (χ3n) is 1.85. The van der Waals surface area contributed by atoms with E-state index in [4.69, 9.17) is 5.73 Å². The van der Waals surface area contributed by atoms with Gasteiger partial charge in [-0.25, -0.2) is 8.78 Å². The summed E-state index contributed by atoms with van der Waals surface area (Å²) in [6, 6.07) is 1.71. The Balaban J connectivity index is 3.13. The minimum Gasteiger partial charge on any atom is -0.328 e. The number of carbonyl (C=O) groups is 1. The molecule has 0 saturated carbocycles. The van der Waals surface area contributed by atoms with Crippen LogP contribution in [0, 0.1) is 11.6 Å². The van der Waals surface area contributed by atoms with E-state index in [-0.39, 0.29) is 11.6 Å². The summed E-state index contributed by atoms with van der Waals surface area (Å²) in [5.74, 6) is -1.97. The second-order valence-electron chi connectivity index (χ2n) is 3.26. The molecule has 0 aromatic heterocycles. The summed E-state index contributed by atoms with van der Waals surface area (Å²) in [5.41, 5.74) is 6.10. The van der Waals surface area contributed by atoms with Gasteiger partial charge >= 0.3 is 0 Å². The number of aldehydes is 1. The summed E-state index contributed by atoms with van der Waals surface area (Å²) in [7, 11) is 0. The molecule has 0 saturated heterocycles. The van der Waals surface area contributed by atoms with Crippen LogP contribution in [0.3, 0.4) is 0 Å². The Kier molecular flexibility index (Phi) is 3.30. The standard InChI is InChI=1S/C10H11F2NO/c1-6(13)2-7-3-9(11)10(12)4-8(7)5-14/h3-6H,2,13H2,1H3. The lowest BCUT2D eigenvalue weighted by Crippen LogP contribution is -2.19. The Labute approximate surface area is 80.7 Å². The molecule has 2 N–H and O–H groups in total. The highest BCUT2D eigenvalue weighted by Gasteiger charge is 2.10. The molecule has 0 bridgehead atoms. The second-order valence-corrected chi connectivity index (χ2v) is 3.26. The molecule has 0 amide bonds. The van der Waals surface area contributed by atoms with E-state index in [2.05, 4.69) is 0 Å². The SMILES string of the molecule is CC(N)Cc1cc(F)c(F)cc1C=O. The molecule has 0 spiro atoms. The van der Waals surface area contributed by atoms with Crippen LogP contribution in [-0.4, -0.2) is 12.3 Å². The Morgan fingerprint density at radius 2 is 2.00 bits per heavy atom. The maximum absolute atomic E-state index is 12.8. The number of carbonyl (C=O) groups excluding carboxylic acids is 1. The maximum Gasteiger partial charge on any atom is 0.159 e. The average molecular weight is 199 g/mol. The minimum absolute atomic E-state index is 0.154. The third kappa shape index (κ3) is 2.35. The van der Waals surface area contributed by atoms with Gasteiger partial charge in [-0.3, -0.25) is 4.79 Å². The van der Waals surface area contributed by atoms with Gasteiger partial charge in [-0.2, -0.15) is 0 Å². The fourth-order valence-corrected chi connectivity index (χ4v) is 1.24. The highest BCUT2D eigenvalue weighted by Crippen LogP contribution is 2.14. The first-order valence-corrected chi connectivity index (χ1v) is 4.23. The molecule has 2 nitrogen and oxygen atoms in total. The number of hydrogen-bond acceptors (Lipinski definition) is 2. The predicted octanol–water partition coefficient (Wildman–Crippen LogP) is 1.67. The van der Waals surface area contributed by atoms with Gasteiger partial charge in [-0.1, -0.05) is 0 Å². The van der Waals surface area contributed by atoms with Crippen molar-refractivity contribution in [2.24, 2.45) is 5.73 Å². The number of nitrogens with two attached hydrogens (primary N) is 1.